The van der Waals surface area contributed by atoms with Crippen LogP contribution < -0.4 is 15.5 Å². The van der Waals surface area contributed by atoms with Gasteiger partial charge in [-0.3, -0.25) is 24.3 Å². The molecule has 1 saturated carbocycles. The molecule has 1 atom stereocenters. The lowest BCUT2D eigenvalue weighted by molar-refractivity contribution is -0.127. The largest absolute Gasteiger partial charge is 0.360 e. The Balaban J connectivity index is 1.59. The van der Waals surface area contributed by atoms with E-state index in [1.165, 1.54) is 4.90 Å². The van der Waals surface area contributed by atoms with Crippen LogP contribution in [0.2, 0.25) is 0 Å². The van der Waals surface area contributed by atoms with Crippen LogP contribution in [0.4, 0.5) is 11.5 Å². The zero-order valence-corrected chi connectivity index (χ0v) is 20.6. The number of anilines is 2. The summed E-state index contributed by atoms with van der Waals surface area (Å²) in [6.45, 7) is 3.68. The monoisotopic (exact) mass is 489 g/mol. The van der Waals surface area contributed by atoms with Crippen LogP contribution in [0.15, 0.2) is 59.4 Å². The van der Waals surface area contributed by atoms with Crippen LogP contribution in [0.5, 0.6) is 0 Å². The molecule has 2 aromatic heterocycles. The van der Waals surface area contributed by atoms with Gasteiger partial charge in [-0.25, -0.2) is 0 Å². The molecule has 0 aliphatic heterocycles. The van der Waals surface area contributed by atoms with Gasteiger partial charge in [-0.15, -0.1) is 0 Å². The van der Waals surface area contributed by atoms with Gasteiger partial charge in [0.1, 0.15) is 11.8 Å². The van der Waals surface area contributed by atoms with Crippen molar-refractivity contribution in [1.82, 2.24) is 15.5 Å². The molecule has 4 rings (SSSR count). The first-order valence-electron chi connectivity index (χ1n) is 12.2. The SMILES string of the molecule is Cc1ccc(N(C(=O)CCC(=O)Nc2cc(C)on2)[C@@H](C(=O)NC2CCCC2)c2cccnc2)cc1. The first-order chi connectivity index (χ1) is 17.4. The highest BCUT2D eigenvalue weighted by Gasteiger charge is 2.34. The van der Waals surface area contributed by atoms with E-state index >= 15 is 0 Å². The van der Waals surface area contributed by atoms with Gasteiger partial charge in [-0.05, 0) is 44.9 Å². The molecule has 0 bridgehead atoms. The molecule has 0 unspecified atom stereocenters. The van der Waals surface area contributed by atoms with Gasteiger partial charge in [0.05, 0.1) is 0 Å². The number of aryl methyl sites for hydroxylation is 2. The van der Waals surface area contributed by atoms with E-state index in [4.69, 9.17) is 4.52 Å². The lowest BCUT2D eigenvalue weighted by Crippen LogP contribution is -2.46. The first kappa shape index (κ1) is 25.1. The van der Waals surface area contributed by atoms with Gasteiger partial charge in [0, 0.05) is 48.6 Å². The van der Waals surface area contributed by atoms with Crippen molar-refractivity contribution in [3.8, 4) is 0 Å². The minimum absolute atomic E-state index is 0.0723. The Hall–Kier alpha value is -4.01. The van der Waals surface area contributed by atoms with Crippen molar-refractivity contribution in [3.63, 3.8) is 0 Å². The summed E-state index contributed by atoms with van der Waals surface area (Å²) in [7, 11) is 0. The smallest absolute Gasteiger partial charge is 0.248 e. The van der Waals surface area contributed by atoms with Crippen LogP contribution in [0, 0.1) is 13.8 Å². The maximum Gasteiger partial charge on any atom is 0.248 e. The number of aromatic nitrogens is 2. The zero-order valence-electron chi connectivity index (χ0n) is 20.6. The Labute approximate surface area is 210 Å². The fourth-order valence-electron chi connectivity index (χ4n) is 4.42. The summed E-state index contributed by atoms with van der Waals surface area (Å²) in [5, 5.41) is 9.52. The predicted octanol–water partition coefficient (Wildman–Crippen LogP) is 4.24. The minimum Gasteiger partial charge on any atom is -0.360 e. The molecule has 9 nitrogen and oxygen atoms in total. The van der Waals surface area contributed by atoms with E-state index < -0.39 is 6.04 Å². The number of carbonyl (C=O) groups excluding carboxylic acids is 3. The molecule has 2 heterocycles. The second-order valence-corrected chi connectivity index (χ2v) is 9.15. The summed E-state index contributed by atoms with van der Waals surface area (Å²) in [4.78, 5) is 45.4. The van der Waals surface area contributed by atoms with Gasteiger partial charge in [-0.1, -0.05) is 41.8 Å². The van der Waals surface area contributed by atoms with Crippen molar-refractivity contribution in [3.05, 3.63) is 71.7 Å². The third kappa shape index (κ3) is 6.35. The molecule has 1 aliphatic carbocycles. The quantitative estimate of drug-likeness (QED) is 0.464. The number of hydrogen-bond donors (Lipinski definition) is 2. The lowest BCUT2D eigenvalue weighted by atomic mass is 10.0. The predicted molar refractivity (Wildman–Crippen MR) is 135 cm³/mol. The van der Waals surface area contributed by atoms with E-state index in [1.807, 2.05) is 31.2 Å². The van der Waals surface area contributed by atoms with E-state index in [1.54, 1.807) is 37.5 Å². The Kier molecular flexibility index (Phi) is 8.10. The molecule has 36 heavy (non-hydrogen) atoms. The molecule has 0 saturated heterocycles. The molecule has 188 valence electrons. The molecule has 0 spiro atoms. The van der Waals surface area contributed by atoms with Crippen molar-refractivity contribution in [2.75, 3.05) is 10.2 Å². The van der Waals surface area contributed by atoms with Crippen molar-refractivity contribution >= 4 is 29.2 Å². The second kappa shape index (κ2) is 11.6. The highest BCUT2D eigenvalue weighted by atomic mass is 16.5. The standard InChI is InChI=1S/C27H31N5O4/c1-18-9-11-22(12-10-18)32(25(34)14-13-24(33)30-23-16-19(2)36-31-23)26(20-6-5-15-28-17-20)27(35)29-21-7-3-4-8-21/h5-6,9-12,15-17,21,26H,3-4,7-8,13-14H2,1-2H3,(H,29,35)(H,30,31,33)/t26-/m1/s1. The molecule has 3 amide bonds. The summed E-state index contributed by atoms with van der Waals surface area (Å²) in [6.07, 6.45) is 7.06. The van der Waals surface area contributed by atoms with E-state index in [9.17, 15) is 14.4 Å². The van der Waals surface area contributed by atoms with Crippen molar-refractivity contribution < 1.29 is 18.9 Å². The van der Waals surface area contributed by atoms with Crippen molar-refractivity contribution in [2.24, 2.45) is 0 Å². The Morgan fingerprint density at radius 3 is 2.47 bits per heavy atom. The molecule has 2 N–H and O–H groups in total. The third-order valence-corrected chi connectivity index (χ3v) is 6.25. The summed E-state index contributed by atoms with van der Waals surface area (Å²) < 4.78 is 4.97. The van der Waals surface area contributed by atoms with E-state index in [-0.39, 0.29) is 36.6 Å². The average molecular weight is 490 g/mol. The number of rotatable bonds is 9. The average Bonchev–Trinajstić information content (AvgIpc) is 3.53. The van der Waals surface area contributed by atoms with Crippen LogP contribution >= 0.6 is 0 Å². The van der Waals surface area contributed by atoms with Crippen LogP contribution in [0.1, 0.15) is 61.5 Å². The van der Waals surface area contributed by atoms with E-state index in [0.717, 1.165) is 31.2 Å². The van der Waals surface area contributed by atoms with Crippen molar-refractivity contribution in [1.29, 1.82) is 0 Å². The number of benzene rings is 1. The summed E-state index contributed by atoms with van der Waals surface area (Å²) >= 11 is 0. The summed E-state index contributed by atoms with van der Waals surface area (Å²) in [5.41, 5.74) is 2.21. The van der Waals surface area contributed by atoms with Gasteiger partial charge in [0.25, 0.3) is 0 Å². The normalized spacial score (nSPS) is 14.3. The number of amides is 3. The van der Waals surface area contributed by atoms with Gasteiger partial charge in [0.2, 0.25) is 17.7 Å². The Morgan fingerprint density at radius 1 is 1.08 bits per heavy atom. The zero-order chi connectivity index (χ0) is 25.5. The molecule has 1 aromatic carbocycles. The van der Waals surface area contributed by atoms with Gasteiger partial charge < -0.3 is 15.2 Å². The van der Waals surface area contributed by atoms with E-state index in [0.29, 0.717) is 22.8 Å². The minimum atomic E-state index is -0.921. The highest BCUT2D eigenvalue weighted by Crippen LogP contribution is 2.30. The number of carbonyl (C=O) groups is 3. The lowest BCUT2D eigenvalue weighted by Gasteiger charge is -2.32. The van der Waals surface area contributed by atoms with E-state index in [2.05, 4.69) is 20.8 Å². The molecule has 9 heteroatoms. The molecule has 1 fully saturated rings. The molecular weight excluding hydrogens is 458 g/mol. The Morgan fingerprint density at radius 2 is 1.83 bits per heavy atom. The maximum absolute atomic E-state index is 13.7. The number of nitrogens with one attached hydrogen (secondary N) is 2. The first-order valence-corrected chi connectivity index (χ1v) is 12.2. The number of hydrogen-bond acceptors (Lipinski definition) is 6. The maximum atomic E-state index is 13.7. The van der Waals surface area contributed by atoms with Crippen LogP contribution in [0.3, 0.4) is 0 Å². The van der Waals surface area contributed by atoms with Gasteiger partial charge >= 0.3 is 0 Å². The fourth-order valence-corrected chi connectivity index (χ4v) is 4.42. The molecule has 3 aromatic rings. The van der Waals surface area contributed by atoms with Crippen LogP contribution in [0.25, 0.3) is 0 Å². The molecule has 1 aliphatic rings. The van der Waals surface area contributed by atoms with Crippen LogP contribution in [-0.4, -0.2) is 33.9 Å². The van der Waals surface area contributed by atoms with Gasteiger partial charge in [-0.2, -0.15) is 0 Å². The second-order valence-electron chi connectivity index (χ2n) is 9.15. The summed E-state index contributed by atoms with van der Waals surface area (Å²) in [5.74, 6) is -0.107. The number of pyridine rings is 1. The van der Waals surface area contributed by atoms with Crippen molar-refractivity contribution in [2.45, 2.75) is 64.5 Å². The number of nitrogens with zero attached hydrogens (tertiary/aromatic N) is 3. The molecular formula is C27H31N5O4. The van der Waals surface area contributed by atoms with Crippen LogP contribution in [-0.2, 0) is 14.4 Å². The Bertz CT molecular complexity index is 1190. The molecule has 0 radical (unpaired) electrons. The third-order valence-electron chi connectivity index (χ3n) is 6.25. The fraction of sp³-hybridized carbons (Fsp3) is 0.370. The highest BCUT2D eigenvalue weighted by molar-refractivity contribution is 6.03. The topological polar surface area (TPSA) is 117 Å². The van der Waals surface area contributed by atoms with Gasteiger partial charge in [0.15, 0.2) is 5.82 Å². The summed E-state index contributed by atoms with van der Waals surface area (Å²) in [6, 6.07) is 11.7.